The lowest BCUT2D eigenvalue weighted by atomic mass is 9.80. The van der Waals surface area contributed by atoms with Crippen LogP contribution in [0.3, 0.4) is 0 Å². The molecule has 1 saturated heterocycles. The van der Waals surface area contributed by atoms with Crippen molar-refractivity contribution in [3.8, 4) is 0 Å². The highest BCUT2D eigenvalue weighted by molar-refractivity contribution is 6.14. The normalized spacial score (nSPS) is 38.5. The SMILES string of the molecule is B[C@@H]1N(C(=O)C(F)(F)F)[C@H](CO)[C@@H](O)[C@@]1(C)O. The van der Waals surface area contributed by atoms with Gasteiger partial charge in [0.25, 0.3) is 0 Å². The highest BCUT2D eigenvalue weighted by Crippen LogP contribution is 2.35. The molecule has 1 amide bonds. The molecule has 1 aliphatic rings. The average Bonchev–Trinajstić information content (AvgIpc) is 2.36. The molecule has 0 aromatic carbocycles. The molecule has 0 aliphatic carbocycles. The van der Waals surface area contributed by atoms with Gasteiger partial charge in [-0.25, -0.2) is 0 Å². The molecule has 0 spiro atoms. The van der Waals surface area contributed by atoms with Crippen molar-refractivity contribution < 1.29 is 33.3 Å². The fourth-order valence-electron chi connectivity index (χ4n) is 2.02. The van der Waals surface area contributed by atoms with E-state index >= 15 is 0 Å². The number of rotatable bonds is 1. The van der Waals surface area contributed by atoms with Crippen molar-refractivity contribution in [2.45, 2.75) is 36.8 Å². The molecule has 1 rings (SSSR count). The lowest BCUT2D eigenvalue weighted by molar-refractivity contribution is -0.188. The summed E-state index contributed by atoms with van der Waals surface area (Å²) >= 11 is 0. The minimum atomic E-state index is -5.11. The summed E-state index contributed by atoms with van der Waals surface area (Å²) in [6.07, 6.45) is -6.74. The van der Waals surface area contributed by atoms with Crippen molar-refractivity contribution in [2.75, 3.05) is 6.61 Å². The van der Waals surface area contributed by atoms with E-state index in [0.717, 1.165) is 6.92 Å². The molecule has 0 radical (unpaired) electrons. The van der Waals surface area contributed by atoms with Crippen LogP contribution < -0.4 is 0 Å². The summed E-state index contributed by atoms with van der Waals surface area (Å²) in [7, 11) is 1.18. The maximum atomic E-state index is 12.3. The first kappa shape index (κ1) is 14.3. The van der Waals surface area contributed by atoms with Gasteiger partial charge < -0.3 is 20.2 Å². The van der Waals surface area contributed by atoms with Gasteiger partial charge in [0, 0.05) is 5.94 Å². The van der Waals surface area contributed by atoms with Gasteiger partial charge in [0.1, 0.15) is 19.6 Å². The maximum absolute atomic E-state index is 12.3. The van der Waals surface area contributed by atoms with E-state index < -0.39 is 42.4 Å². The molecule has 9 heteroatoms. The van der Waals surface area contributed by atoms with E-state index in [1.54, 1.807) is 0 Å². The molecule has 3 N–H and O–H groups in total. The molecule has 4 atom stereocenters. The maximum Gasteiger partial charge on any atom is 0.471 e. The van der Waals surface area contributed by atoms with E-state index in [1.807, 2.05) is 0 Å². The first-order valence-electron chi connectivity index (χ1n) is 4.96. The third-order valence-corrected chi connectivity index (χ3v) is 3.25. The fourth-order valence-corrected chi connectivity index (χ4v) is 2.02. The van der Waals surface area contributed by atoms with E-state index in [0.29, 0.717) is 0 Å². The Balaban J connectivity index is 3.11. The van der Waals surface area contributed by atoms with Crippen molar-refractivity contribution in [1.82, 2.24) is 4.90 Å². The third kappa shape index (κ3) is 2.14. The molecule has 0 aromatic heterocycles. The van der Waals surface area contributed by atoms with Crippen molar-refractivity contribution in [1.29, 1.82) is 0 Å². The number of hydrogen-bond acceptors (Lipinski definition) is 4. The van der Waals surface area contributed by atoms with Gasteiger partial charge in [-0.2, -0.15) is 13.2 Å². The smallest absolute Gasteiger partial charge is 0.394 e. The monoisotopic (exact) mass is 255 g/mol. The zero-order valence-electron chi connectivity index (χ0n) is 9.27. The summed E-state index contributed by atoms with van der Waals surface area (Å²) in [4.78, 5) is 11.4. The van der Waals surface area contributed by atoms with Crippen LogP contribution in [0, 0.1) is 0 Å². The predicted molar refractivity (Wildman–Crippen MR) is 52.7 cm³/mol. The van der Waals surface area contributed by atoms with Crippen molar-refractivity contribution in [2.24, 2.45) is 0 Å². The van der Waals surface area contributed by atoms with Crippen LogP contribution in [-0.4, -0.2) is 70.4 Å². The second-order valence-corrected chi connectivity index (χ2v) is 4.31. The second-order valence-electron chi connectivity index (χ2n) is 4.31. The number of aliphatic hydroxyl groups is 3. The first-order valence-corrected chi connectivity index (χ1v) is 4.96. The van der Waals surface area contributed by atoms with Gasteiger partial charge in [-0.3, -0.25) is 4.79 Å². The Bertz CT molecular complexity index is 322. The molecule has 0 saturated carbocycles. The van der Waals surface area contributed by atoms with Crippen LogP contribution in [0.1, 0.15) is 6.92 Å². The number of carbonyl (C=O) groups is 1. The fraction of sp³-hybridized carbons (Fsp3) is 0.875. The molecule has 98 valence electrons. The zero-order valence-corrected chi connectivity index (χ0v) is 9.27. The number of aliphatic hydroxyl groups excluding tert-OH is 2. The largest absolute Gasteiger partial charge is 0.471 e. The lowest BCUT2D eigenvalue weighted by Gasteiger charge is -2.30. The summed E-state index contributed by atoms with van der Waals surface area (Å²) < 4.78 is 37.0. The van der Waals surface area contributed by atoms with Crippen LogP contribution >= 0.6 is 0 Å². The Hall–Kier alpha value is -0.795. The van der Waals surface area contributed by atoms with Crippen molar-refractivity contribution >= 4 is 13.8 Å². The van der Waals surface area contributed by atoms with E-state index in [-0.39, 0.29) is 4.90 Å². The highest BCUT2D eigenvalue weighted by Gasteiger charge is 2.59. The van der Waals surface area contributed by atoms with Gasteiger partial charge in [0.2, 0.25) is 0 Å². The average molecular weight is 255 g/mol. The van der Waals surface area contributed by atoms with Crippen LogP contribution in [0.15, 0.2) is 0 Å². The summed E-state index contributed by atoms with van der Waals surface area (Å²) in [6.45, 7) is 0.262. The molecule has 1 fully saturated rings. The quantitative estimate of drug-likeness (QED) is 0.465. The predicted octanol–water partition coefficient (Wildman–Crippen LogP) is -2.18. The summed E-state index contributed by atoms with van der Waals surface area (Å²) in [6, 6.07) is -1.46. The molecule has 1 aliphatic heterocycles. The Morgan fingerprint density at radius 1 is 1.53 bits per heavy atom. The summed E-state index contributed by atoms with van der Waals surface area (Å²) in [5.74, 6) is -3.43. The van der Waals surface area contributed by atoms with E-state index in [2.05, 4.69) is 0 Å². The zero-order chi connectivity index (χ0) is 13.6. The summed E-state index contributed by atoms with van der Waals surface area (Å²) in [5.41, 5.74) is -1.89. The minimum Gasteiger partial charge on any atom is -0.394 e. The number of alkyl halides is 3. The van der Waals surface area contributed by atoms with Gasteiger partial charge in [-0.05, 0) is 6.92 Å². The summed E-state index contributed by atoms with van der Waals surface area (Å²) in [5, 5.41) is 28.3. The second kappa shape index (κ2) is 4.15. The molecular weight excluding hydrogens is 242 g/mol. The van der Waals surface area contributed by atoms with Crippen LogP contribution in [0.2, 0.25) is 0 Å². The lowest BCUT2D eigenvalue weighted by Crippen LogP contribution is -2.52. The van der Waals surface area contributed by atoms with E-state index in [9.17, 15) is 28.2 Å². The number of amides is 1. The molecule has 1 heterocycles. The number of halogens is 3. The minimum absolute atomic E-state index is 0.282. The highest BCUT2D eigenvalue weighted by atomic mass is 19.4. The molecule has 5 nitrogen and oxygen atoms in total. The van der Waals surface area contributed by atoms with Crippen LogP contribution in [-0.2, 0) is 4.79 Å². The van der Waals surface area contributed by atoms with Gasteiger partial charge in [-0.1, -0.05) is 0 Å². The Kier molecular flexibility index (Phi) is 3.48. The van der Waals surface area contributed by atoms with Crippen LogP contribution in [0.4, 0.5) is 13.2 Å². The van der Waals surface area contributed by atoms with E-state index in [1.165, 1.54) is 7.85 Å². The van der Waals surface area contributed by atoms with Crippen LogP contribution in [0.25, 0.3) is 0 Å². The Morgan fingerprint density at radius 2 is 2.00 bits per heavy atom. The number of carbonyl (C=O) groups excluding carboxylic acids is 1. The standard InChI is InChI=1S/C8H13BF3NO4/c1-7(17)4(15)3(2-14)13(5(7)9)6(16)8(10,11)12/h3-5,14-15,17H,2,9H2,1H3/t3-,4-,5-,7-/m1/s1. The number of hydrogen-bond donors (Lipinski definition) is 3. The van der Waals surface area contributed by atoms with Gasteiger partial charge in [-0.15, -0.1) is 0 Å². The third-order valence-electron chi connectivity index (χ3n) is 3.25. The number of nitrogens with zero attached hydrogens (tertiary/aromatic N) is 1. The van der Waals surface area contributed by atoms with Crippen molar-refractivity contribution in [3.05, 3.63) is 0 Å². The molecule has 0 unspecified atom stereocenters. The molecule has 0 aromatic rings. The van der Waals surface area contributed by atoms with Crippen molar-refractivity contribution in [3.63, 3.8) is 0 Å². The Labute approximate surface area is 96.2 Å². The molecule has 0 bridgehead atoms. The Morgan fingerprint density at radius 3 is 2.35 bits per heavy atom. The molecule has 17 heavy (non-hydrogen) atoms. The number of likely N-dealkylation sites (tertiary alicyclic amines) is 1. The van der Waals surface area contributed by atoms with Crippen LogP contribution in [0.5, 0.6) is 0 Å². The van der Waals surface area contributed by atoms with Gasteiger partial charge >= 0.3 is 12.1 Å². The topological polar surface area (TPSA) is 81.0 Å². The van der Waals surface area contributed by atoms with Gasteiger partial charge in [0.05, 0.1) is 12.6 Å². The van der Waals surface area contributed by atoms with Gasteiger partial charge in [0.15, 0.2) is 0 Å². The van der Waals surface area contributed by atoms with E-state index in [4.69, 9.17) is 5.11 Å². The molecular formula is C8H13BF3NO4. The first-order chi connectivity index (χ1) is 7.55.